The Bertz CT molecular complexity index is 1500. The van der Waals surface area contributed by atoms with Gasteiger partial charge in [-0.15, -0.1) is 0 Å². The number of fused-ring (bicyclic) bond motifs is 1. The number of carbonyl (C=O) groups excluding carboxylic acids is 2. The first kappa shape index (κ1) is 24.9. The third-order valence-corrected chi connectivity index (χ3v) is 6.30. The third kappa shape index (κ3) is 5.05. The molecule has 4 aromatic rings. The zero-order valence-electron chi connectivity index (χ0n) is 19.8. The van der Waals surface area contributed by atoms with Gasteiger partial charge in [-0.05, 0) is 42.8 Å². The van der Waals surface area contributed by atoms with Gasteiger partial charge in [0.2, 0.25) is 0 Å². The van der Waals surface area contributed by atoms with E-state index in [2.05, 4.69) is 15.6 Å². The molecule has 0 atom stereocenters. The standard InChI is InChI=1S/C25H23FN4O5S/c1-4-5-16-12-20(31)30-21(23(32)29-18-13-17(34-2)10-11-19(18)35-3)22(36-25(30)28-16)24(33)27-15-8-6-14(26)7-9-15/h6-13H,4-5H2,1-3H3,(H,27,33)(H,29,32). The molecule has 0 aliphatic heterocycles. The number of methoxy groups -OCH3 is 2. The Labute approximate surface area is 209 Å². The molecule has 2 amide bonds. The van der Waals surface area contributed by atoms with Crippen LogP contribution in [-0.4, -0.2) is 35.4 Å². The van der Waals surface area contributed by atoms with Gasteiger partial charge in [-0.1, -0.05) is 24.7 Å². The molecule has 9 nitrogen and oxygen atoms in total. The van der Waals surface area contributed by atoms with Crippen LogP contribution in [-0.2, 0) is 6.42 Å². The molecule has 2 N–H and O–H groups in total. The number of halogens is 1. The maximum absolute atomic E-state index is 13.5. The van der Waals surface area contributed by atoms with Crippen molar-refractivity contribution in [1.82, 2.24) is 9.38 Å². The number of anilines is 2. The number of ether oxygens (including phenoxy) is 2. The monoisotopic (exact) mass is 510 g/mol. The zero-order valence-corrected chi connectivity index (χ0v) is 20.6. The Morgan fingerprint density at radius 1 is 1.03 bits per heavy atom. The van der Waals surface area contributed by atoms with E-state index in [1.807, 2.05) is 6.92 Å². The quantitative estimate of drug-likeness (QED) is 0.364. The van der Waals surface area contributed by atoms with Gasteiger partial charge in [0.05, 0.1) is 19.9 Å². The molecule has 2 heterocycles. The number of nitrogens with zero attached hydrogens (tertiary/aromatic N) is 2. The number of rotatable bonds is 8. The molecule has 0 saturated carbocycles. The molecule has 0 spiro atoms. The van der Waals surface area contributed by atoms with Gasteiger partial charge in [-0.25, -0.2) is 13.8 Å². The second kappa shape index (κ2) is 10.6. The van der Waals surface area contributed by atoms with E-state index < -0.39 is 23.2 Å². The zero-order chi connectivity index (χ0) is 25.8. The van der Waals surface area contributed by atoms with E-state index in [9.17, 15) is 18.8 Å². The van der Waals surface area contributed by atoms with Crippen LogP contribution in [0.3, 0.4) is 0 Å². The van der Waals surface area contributed by atoms with E-state index in [1.54, 1.807) is 18.2 Å². The Hall–Kier alpha value is -4.25. The number of thiazole rings is 1. The van der Waals surface area contributed by atoms with Crippen LogP contribution in [0.4, 0.5) is 15.8 Å². The van der Waals surface area contributed by atoms with Gasteiger partial charge in [0.25, 0.3) is 17.4 Å². The van der Waals surface area contributed by atoms with Crippen molar-refractivity contribution in [2.24, 2.45) is 0 Å². The number of aryl methyl sites for hydroxylation is 1. The van der Waals surface area contributed by atoms with Crippen molar-refractivity contribution >= 4 is 39.5 Å². The van der Waals surface area contributed by atoms with Crippen molar-refractivity contribution in [2.45, 2.75) is 19.8 Å². The minimum Gasteiger partial charge on any atom is -0.497 e. The molecule has 0 saturated heterocycles. The predicted molar refractivity (Wildman–Crippen MR) is 135 cm³/mol. The largest absolute Gasteiger partial charge is 0.497 e. The Kier molecular flexibility index (Phi) is 7.30. The van der Waals surface area contributed by atoms with E-state index in [-0.39, 0.29) is 21.2 Å². The van der Waals surface area contributed by atoms with Crippen LogP contribution in [0.15, 0.2) is 53.3 Å². The first-order chi connectivity index (χ1) is 17.3. The molecule has 2 aromatic carbocycles. The molecule has 0 bridgehead atoms. The van der Waals surface area contributed by atoms with Gasteiger partial charge in [-0.2, -0.15) is 0 Å². The van der Waals surface area contributed by atoms with Crippen LogP contribution < -0.4 is 25.7 Å². The molecule has 4 rings (SSSR count). The fraction of sp³-hybridized carbons (Fsp3) is 0.200. The summed E-state index contributed by atoms with van der Waals surface area (Å²) in [4.78, 5) is 44.5. The topological polar surface area (TPSA) is 111 Å². The van der Waals surface area contributed by atoms with Gasteiger partial charge >= 0.3 is 0 Å². The number of aromatic nitrogens is 2. The van der Waals surface area contributed by atoms with Crippen LogP contribution >= 0.6 is 11.3 Å². The molecule has 0 aliphatic carbocycles. The Morgan fingerprint density at radius 3 is 2.44 bits per heavy atom. The summed E-state index contributed by atoms with van der Waals surface area (Å²) in [6, 6.07) is 11.4. The lowest BCUT2D eigenvalue weighted by Gasteiger charge is -2.12. The normalized spacial score (nSPS) is 10.8. The lowest BCUT2D eigenvalue weighted by molar-refractivity contribution is 0.0989. The smallest absolute Gasteiger partial charge is 0.274 e. The summed E-state index contributed by atoms with van der Waals surface area (Å²) >= 11 is 0.914. The molecule has 11 heteroatoms. The van der Waals surface area contributed by atoms with E-state index in [0.717, 1.165) is 22.2 Å². The molecular weight excluding hydrogens is 487 g/mol. The summed E-state index contributed by atoms with van der Waals surface area (Å²) < 4.78 is 25.0. The third-order valence-electron chi connectivity index (χ3n) is 5.26. The van der Waals surface area contributed by atoms with E-state index in [0.29, 0.717) is 29.3 Å². The summed E-state index contributed by atoms with van der Waals surface area (Å²) in [7, 11) is 2.93. The highest BCUT2D eigenvalue weighted by molar-refractivity contribution is 7.19. The van der Waals surface area contributed by atoms with E-state index in [4.69, 9.17) is 9.47 Å². The summed E-state index contributed by atoms with van der Waals surface area (Å²) in [5.41, 5.74) is 0.514. The first-order valence-corrected chi connectivity index (χ1v) is 11.8. The summed E-state index contributed by atoms with van der Waals surface area (Å²) in [5.74, 6) is -0.989. The molecule has 0 unspecified atom stereocenters. The SMILES string of the molecule is CCCc1cc(=O)n2c(C(=O)Nc3cc(OC)ccc3OC)c(C(=O)Nc3ccc(F)cc3)sc2n1. The number of carbonyl (C=O) groups is 2. The average molecular weight is 511 g/mol. The van der Waals surface area contributed by atoms with Gasteiger partial charge in [0, 0.05) is 23.5 Å². The molecule has 2 aromatic heterocycles. The minimum atomic E-state index is -0.718. The number of hydrogen-bond donors (Lipinski definition) is 2. The van der Waals surface area contributed by atoms with Crippen molar-refractivity contribution in [3.05, 3.63) is 81.0 Å². The highest BCUT2D eigenvalue weighted by Gasteiger charge is 2.27. The lowest BCUT2D eigenvalue weighted by Crippen LogP contribution is -2.25. The molecule has 0 fully saturated rings. The summed E-state index contributed by atoms with van der Waals surface area (Å²) in [6.07, 6.45) is 1.35. The number of amides is 2. The molecular formula is C25H23FN4O5S. The van der Waals surface area contributed by atoms with Crippen molar-refractivity contribution in [1.29, 1.82) is 0 Å². The summed E-state index contributed by atoms with van der Waals surface area (Å²) in [5, 5.41) is 5.35. The van der Waals surface area contributed by atoms with Crippen molar-refractivity contribution < 1.29 is 23.5 Å². The van der Waals surface area contributed by atoms with E-state index >= 15 is 0 Å². The van der Waals surface area contributed by atoms with Crippen molar-refractivity contribution in [3.63, 3.8) is 0 Å². The van der Waals surface area contributed by atoms with Gasteiger partial charge in [0.15, 0.2) is 4.96 Å². The summed E-state index contributed by atoms with van der Waals surface area (Å²) in [6.45, 7) is 1.96. The van der Waals surface area contributed by atoms with Crippen LogP contribution in [0.5, 0.6) is 11.5 Å². The second-order valence-corrected chi connectivity index (χ2v) is 8.69. The van der Waals surface area contributed by atoms with E-state index in [1.165, 1.54) is 44.6 Å². The first-order valence-electron chi connectivity index (χ1n) is 11.0. The van der Waals surface area contributed by atoms with Crippen LogP contribution in [0.2, 0.25) is 0 Å². The fourth-order valence-corrected chi connectivity index (χ4v) is 4.62. The molecule has 0 aliphatic rings. The van der Waals surface area contributed by atoms with Crippen LogP contribution in [0.25, 0.3) is 4.96 Å². The highest BCUT2D eigenvalue weighted by Crippen LogP contribution is 2.30. The molecule has 186 valence electrons. The average Bonchev–Trinajstić information content (AvgIpc) is 3.26. The predicted octanol–water partition coefficient (Wildman–Crippen LogP) is 4.37. The number of nitrogens with one attached hydrogen (secondary N) is 2. The maximum Gasteiger partial charge on any atom is 0.274 e. The highest BCUT2D eigenvalue weighted by atomic mass is 32.1. The van der Waals surface area contributed by atoms with Crippen molar-refractivity contribution in [2.75, 3.05) is 24.9 Å². The van der Waals surface area contributed by atoms with Crippen LogP contribution in [0, 0.1) is 5.82 Å². The maximum atomic E-state index is 13.5. The Balaban J connectivity index is 1.82. The van der Waals surface area contributed by atoms with Gasteiger partial charge in [-0.3, -0.25) is 14.4 Å². The van der Waals surface area contributed by atoms with Crippen LogP contribution in [0.1, 0.15) is 39.2 Å². The minimum absolute atomic E-state index is 0.0306. The van der Waals surface area contributed by atoms with Gasteiger partial charge < -0.3 is 20.1 Å². The lowest BCUT2D eigenvalue weighted by atomic mass is 10.2. The Morgan fingerprint density at radius 2 is 1.78 bits per heavy atom. The molecule has 36 heavy (non-hydrogen) atoms. The van der Waals surface area contributed by atoms with Crippen molar-refractivity contribution in [3.8, 4) is 11.5 Å². The number of hydrogen-bond acceptors (Lipinski definition) is 7. The second-order valence-electron chi connectivity index (χ2n) is 7.71. The number of benzene rings is 2. The fourth-order valence-electron chi connectivity index (χ4n) is 3.58. The van der Waals surface area contributed by atoms with Gasteiger partial charge in [0.1, 0.15) is 27.9 Å². The molecule has 0 radical (unpaired) electrons.